The molecule has 1 unspecified atom stereocenters. The first-order valence-electron chi connectivity index (χ1n) is 11.0. The normalized spacial score (nSPS) is 20.0. The van der Waals surface area contributed by atoms with Crippen LogP contribution in [0.15, 0.2) is 53.4 Å². The topological polar surface area (TPSA) is 60.9 Å². The Hall–Kier alpha value is -2.22. The summed E-state index contributed by atoms with van der Waals surface area (Å²) in [6.45, 7) is 4.14. The molecule has 0 radical (unpaired) electrons. The Balaban J connectivity index is 1.46. The Morgan fingerprint density at radius 3 is 2.06 bits per heavy atom. The van der Waals surface area contributed by atoms with E-state index in [1.54, 1.807) is 24.3 Å². The number of benzene rings is 2. The van der Waals surface area contributed by atoms with E-state index in [0.29, 0.717) is 11.6 Å². The maximum absolute atomic E-state index is 13.1. The van der Waals surface area contributed by atoms with Crippen LogP contribution in [0, 0.1) is 0 Å². The second-order valence-electron chi connectivity index (χ2n) is 8.69. The molecule has 1 atom stereocenters. The van der Waals surface area contributed by atoms with Gasteiger partial charge in [-0.2, -0.15) is 0 Å². The zero-order chi connectivity index (χ0) is 22.0. The second kappa shape index (κ2) is 9.10. The lowest BCUT2D eigenvalue weighted by atomic mass is 10.0. The van der Waals surface area contributed by atoms with Crippen LogP contribution < -0.4 is 0 Å². The van der Waals surface area contributed by atoms with Crippen LogP contribution in [0.5, 0.6) is 0 Å². The fourth-order valence-corrected chi connectivity index (χ4v) is 5.46. The first-order valence-corrected chi connectivity index (χ1v) is 12.5. The molecule has 6 nitrogen and oxygen atoms in total. The van der Waals surface area contributed by atoms with Crippen molar-refractivity contribution in [2.24, 2.45) is 0 Å². The van der Waals surface area contributed by atoms with Crippen molar-refractivity contribution in [3.63, 3.8) is 0 Å². The van der Waals surface area contributed by atoms with Crippen molar-refractivity contribution >= 4 is 15.9 Å². The average molecular weight is 442 g/mol. The van der Waals surface area contributed by atoms with Crippen molar-refractivity contribution < 1.29 is 13.2 Å². The number of rotatable bonds is 6. The Bertz CT molecular complexity index is 1010. The smallest absolute Gasteiger partial charge is 0.254 e. The number of likely N-dealkylation sites (tertiary alicyclic amines) is 2. The first kappa shape index (κ1) is 22.0. The number of hydrogen-bond donors (Lipinski definition) is 0. The van der Waals surface area contributed by atoms with Crippen LogP contribution in [-0.2, 0) is 10.0 Å². The van der Waals surface area contributed by atoms with Crippen LogP contribution in [0.3, 0.4) is 0 Å². The molecule has 31 heavy (non-hydrogen) atoms. The molecule has 2 aliphatic rings. The maximum atomic E-state index is 13.1. The van der Waals surface area contributed by atoms with Crippen molar-refractivity contribution in [1.29, 1.82) is 0 Å². The highest BCUT2D eigenvalue weighted by atomic mass is 32.2. The van der Waals surface area contributed by atoms with Gasteiger partial charge in [0.05, 0.1) is 4.90 Å². The van der Waals surface area contributed by atoms with Crippen LogP contribution in [-0.4, -0.2) is 74.7 Å². The Labute approximate surface area is 185 Å². The van der Waals surface area contributed by atoms with E-state index in [1.807, 2.05) is 29.2 Å². The maximum Gasteiger partial charge on any atom is 0.254 e. The van der Waals surface area contributed by atoms with Gasteiger partial charge in [-0.1, -0.05) is 24.3 Å². The molecule has 166 valence electrons. The highest BCUT2D eigenvalue weighted by Crippen LogP contribution is 2.26. The molecule has 7 heteroatoms. The third kappa shape index (κ3) is 4.68. The molecule has 2 aliphatic heterocycles. The van der Waals surface area contributed by atoms with Gasteiger partial charge >= 0.3 is 0 Å². The molecule has 1 amide bonds. The molecule has 2 fully saturated rings. The van der Waals surface area contributed by atoms with Crippen LogP contribution in [0.2, 0.25) is 0 Å². The number of hydrogen-bond acceptors (Lipinski definition) is 4. The highest BCUT2D eigenvalue weighted by molar-refractivity contribution is 7.89. The van der Waals surface area contributed by atoms with Gasteiger partial charge in [0.1, 0.15) is 0 Å². The summed E-state index contributed by atoms with van der Waals surface area (Å²) in [6.07, 6.45) is 4.70. The SMILES string of the molecule is CN(C)S(=O)(=O)c1ccc(-c2ccc(C(=O)N3CCCC3CN3CCCC3)cc2)cc1. The van der Waals surface area contributed by atoms with Gasteiger partial charge in [0.25, 0.3) is 5.91 Å². The predicted molar refractivity (Wildman–Crippen MR) is 122 cm³/mol. The van der Waals surface area contributed by atoms with E-state index in [2.05, 4.69) is 4.90 Å². The molecular formula is C24H31N3O3S. The van der Waals surface area contributed by atoms with Crippen LogP contribution >= 0.6 is 0 Å². The highest BCUT2D eigenvalue weighted by Gasteiger charge is 2.31. The average Bonchev–Trinajstić information content (AvgIpc) is 3.46. The third-order valence-electron chi connectivity index (χ3n) is 6.40. The second-order valence-corrected chi connectivity index (χ2v) is 10.8. The summed E-state index contributed by atoms with van der Waals surface area (Å²) in [5, 5.41) is 0. The summed E-state index contributed by atoms with van der Waals surface area (Å²) in [7, 11) is -0.392. The van der Waals surface area contributed by atoms with E-state index in [9.17, 15) is 13.2 Å². The Morgan fingerprint density at radius 2 is 1.48 bits per heavy atom. The van der Waals surface area contributed by atoms with Crippen molar-refractivity contribution in [3.8, 4) is 11.1 Å². The van der Waals surface area contributed by atoms with E-state index >= 15 is 0 Å². The van der Waals surface area contributed by atoms with Gasteiger partial charge < -0.3 is 9.80 Å². The summed E-state index contributed by atoms with van der Waals surface area (Å²) >= 11 is 0. The zero-order valence-electron chi connectivity index (χ0n) is 18.3. The van der Waals surface area contributed by atoms with E-state index in [1.165, 1.54) is 31.2 Å². The van der Waals surface area contributed by atoms with Gasteiger partial charge in [-0.15, -0.1) is 0 Å². The molecule has 2 saturated heterocycles. The van der Waals surface area contributed by atoms with Crippen LogP contribution in [0.1, 0.15) is 36.0 Å². The molecule has 2 aromatic rings. The van der Waals surface area contributed by atoms with Crippen molar-refractivity contribution in [2.45, 2.75) is 36.6 Å². The Morgan fingerprint density at radius 1 is 0.903 bits per heavy atom. The van der Waals surface area contributed by atoms with Gasteiger partial charge in [0, 0.05) is 38.8 Å². The van der Waals surface area contributed by atoms with Crippen LogP contribution in [0.4, 0.5) is 0 Å². The number of sulfonamides is 1. The minimum absolute atomic E-state index is 0.112. The molecule has 4 rings (SSSR count). The van der Waals surface area contributed by atoms with E-state index < -0.39 is 10.0 Å². The molecule has 0 saturated carbocycles. The van der Waals surface area contributed by atoms with Gasteiger partial charge in [-0.25, -0.2) is 12.7 Å². The van der Waals surface area contributed by atoms with Crippen molar-refractivity contribution in [2.75, 3.05) is 40.3 Å². The number of carbonyl (C=O) groups excluding carboxylic acids is 1. The summed E-state index contributed by atoms with van der Waals surface area (Å²) < 4.78 is 25.7. The number of carbonyl (C=O) groups is 1. The fraction of sp³-hybridized carbons (Fsp3) is 0.458. The summed E-state index contributed by atoms with van der Waals surface area (Å²) in [4.78, 5) is 17.9. The molecule has 0 spiro atoms. The third-order valence-corrected chi connectivity index (χ3v) is 8.23. The monoisotopic (exact) mass is 441 g/mol. The summed E-state index contributed by atoms with van der Waals surface area (Å²) in [5.41, 5.74) is 2.59. The number of nitrogens with zero attached hydrogens (tertiary/aromatic N) is 3. The van der Waals surface area contributed by atoms with E-state index in [0.717, 1.165) is 50.1 Å². The first-order chi connectivity index (χ1) is 14.9. The number of amides is 1. The quantitative estimate of drug-likeness (QED) is 0.690. The minimum Gasteiger partial charge on any atom is -0.334 e. The minimum atomic E-state index is -3.44. The zero-order valence-corrected chi connectivity index (χ0v) is 19.1. The van der Waals surface area contributed by atoms with Gasteiger partial charge in [-0.3, -0.25) is 4.79 Å². The molecule has 0 N–H and O–H groups in total. The van der Waals surface area contributed by atoms with Crippen LogP contribution in [0.25, 0.3) is 11.1 Å². The lowest BCUT2D eigenvalue weighted by molar-refractivity contribution is 0.0709. The standard InChI is InChI=1S/C24H31N3O3S/c1-25(2)31(29,30)23-13-11-20(12-14-23)19-7-9-21(10-8-19)24(28)27-17-5-6-22(27)18-26-15-3-4-16-26/h7-14,22H,3-6,15-18H2,1-2H3. The lowest BCUT2D eigenvalue weighted by Crippen LogP contribution is -2.42. The van der Waals surface area contributed by atoms with Gasteiger partial charge in [0.15, 0.2) is 0 Å². The fourth-order valence-electron chi connectivity index (χ4n) is 4.56. The molecular weight excluding hydrogens is 410 g/mol. The van der Waals surface area contributed by atoms with Gasteiger partial charge in [0.2, 0.25) is 10.0 Å². The molecule has 0 bridgehead atoms. The lowest BCUT2D eigenvalue weighted by Gasteiger charge is -2.28. The largest absolute Gasteiger partial charge is 0.334 e. The molecule has 2 aromatic carbocycles. The van der Waals surface area contributed by atoms with E-state index in [4.69, 9.17) is 0 Å². The predicted octanol–water partition coefficient (Wildman–Crippen LogP) is 3.30. The molecule has 0 aromatic heterocycles. The molecule has 0 aliphatic carbocycles. The Kier molecular flexibility index (Phi) is 6.46. The van der Waals surface area contributed by atoms with Gasteiger partial charge in [-0.05, 0) is 74.2 Å². The molecule has 2 heterocycles. The van der Waals surface area contributed by atoms with E-state index in [-0.39, 0.29) is 10.8 Å². The summed E-state index contributed by atoms with van der Waals surface area (Å²) in [5.74, 6) is 0.112. The van der Waals surface area contributed by atoms with Crippen molar-refractivity contribution in [1.82, 2.24) is 14.1 Å². The summed E-state index contributed by atoms with van der Waals surface area (Å²) in [6, 6.07) is 14.8. The van der Waals surface area contributed by atoms with Crippen molar-refractivity contribution in [3.05, 3.63) is 54.1 Å².